The molecule has 2 rings (SSSR count). The third kappa shape index (κ3) is 3.79. The first-order chi connectivity index (χ1) is 9.18. The molecular formula is C16H24N2O. The maximum Gasteiger partial charge on any atom is 0.222 e. The standard InChI is InChI=1S/C16H24N2O/c1-13-6-3-4-8-15(13)18(2)16(19)10-9-14-7-5-11-17-12-14/h5,7,11-13,15H,3-4,6,8-10H2,1-2H3. The molecule has 19 heavy (non-hydrogen) atoms. The lowest BCUT2D eigenvalue weighted by Gasteiger charge is -2.36. The van der Waals surface area contributed by atoms with E-state index < -0.39 is 0 Å². The molecule has 0 bridgehead atoms. The lowest BCUT2D eigenvalue weighted by atomic mass is 9.85. The number of rotatable bonds is 4. The van der Waals surface area contributed by atoms with Gasteiger partial charge in [-0.1, -0.05) is 25.8 Å². The number of carbonyl (C=O) groups is 1. The van der Waals surface area contributed by atoms with Crippen molar-refractivity contribution < 1.29 is 4.79 Å². The SMILES string of the molecule is CC1CCCCC1N(C)C(=O)CCc1cccnc1. The second-order valence-electron chi connectivity index (χ2n) is 5.70. The van der Waals surface area contributed by atoms with Crippen LogP contribution in [0.1, 0.15) is 44.6 Å². The molecule has 1 heterocycles. The Kier molecular flexibility index (Phi) is 4.94. The van der Waals surface area contributed by atoms with Crippen LogP contribution in [0.15, 0.2) is 24.5 Å². The van der Waals surface area contributed by atoms with Crippen LogP contribution in [0.25, 0.3) is 0 Å². The van der Waals surface area contributed by atoms with Crippen molar-refractivity contribution in [1.29, 1.82) is 0 Å². The molecule has 0 saturated heterocycles. The van der Waals surface area contributed by atoms with Gasteiger partial charge in [-0.05, 0) is 36.8 Å². The Balaban J connectivity index is 1.85. The van der Waals surface area contributed by atoms with Gasteiger partial charge >= 0.3 is 0 Å². The van der Waals surface area contributed by atoms with Gasteiger partial charge in [-0.2, -0.15) is 0 Å². The smallest absolute Gasteiger partial charge is 0.222 e. The minimum Gasteiger partial charge on any atom is -0.343 e. The van der Waals surface area contributed by atoms with E-state index in [1.165, 1.54) is 19.3 Å². The first-order valence-corrected chi connectivity index (χ1v) is 7.33. The van der Waals surface area contributed by atoms with Gasteiger partial charge in [0, 0.05) is 31.9 Å². The van der Waals surface area contributed by atoms with Crippen molar-refractivity contribution in [2.24, 2.45) is 5.92 Å². The van der Waals surface area contributed by atoms with Gasteiger partial charge in [0.05, 0.1) is 0 Å². The Morgan fingerprint density at radius 3 is 2.89 bits per heavy atom. The molecular weight excluding hydrogens is 236 g/mol. The van der Waals surface area contributed by atoms with E-state index in [1.54, 1.807) is 6.20 Å². The van der Waals surface area contributed by atoms with Crippen LogP contribution in [-0.2, 0) is 11.2 Å². The number of hydrogen-bond acceptors (Lipinski definition) is 2. The summed E-state index contributed by atoms with van der Waals surface area (Å²) in [7, 11) is 1.97. The minimum absolute atomic E-state index is 0.266. The Bertz CT molecular complexity index is 404. The third-order valence-corrected chi connectivity index (χ3v) is 4.31. The zero-order valence-electron chi connectivity index (χ0n) is 12.0. The van der Waals surface area contributed by atoms with Gasteiger partial charge in [-0.15, -0.1) is 0 Å². The van der Waals surface area contributed by atoms with E-state index in [0.29, 0.717) is 18.4 Å². The Morgan fingerprint density at radius 1 is 1.42 bits per heavy atom. The molecule has 0 aromatic carbocycles. The second kappa shape index (κ2) is 6.69. The first kappa shape index (κ1) is 14.0. The number of aromatic nitrogens is 1. The zero-order chi connectivity index (χ0) is 13.7. The molecule has 1 amide bonds. The highest BCUT2D eigenvalue weighted by molar-refractivity contribution is 5.76. The molecule has 1 aliphatic carbocycles. The molecule has 1 fully saturated rings. The molecule has 3 nitrogen and oxygen atoms in total. The predicted octanol–water partition coefficient (Wildman–Crippen LogP) is 3.05. The van der Waals surface area contributed by atoms with Gasteiger partial charge in [0.15, 0.2) is 0 Å². The molecule has 0 spiro atoms. The minimum atomic E-state index is 0.266. The quantitative estimate of drug-likeness (QED) is 0.833. The highest BCUT2D eigenvalue weighted by Gasteiger charge is 2.27. The number of aryl methyl sites for hydroxylation is 1. The van der Waals surface area contributed by atoms with E-state index >= 15 is 0 Å². The summed E-state index contributed by atoms with van der Waals surface area (Å²) in [6.07, 6.45) is 9.98. The van der Waals surface area contributed by atoms with E-state index in [2.05, 4.69) is 11.9 Å². The molecule has 3 heteroatoms. The normalized spacial score (nSPS) is 23.1. The van der Waals surface area contributed by atoms with Crippen molar-refractivity contribution in [3.8, 4) is 0 Å². The molecule has 1 aliphatic rings. The number of hydrogen-bond donors (Lipinski definition) is 0. The maximum absolute atomic E-state index is 12.3. The molecule has 0 N–H and O–H groups in total. The molecule has 104 valence electrons. The lowest BCUT2D eigenvalue weighted by molar-refractivity contribution is -0.133. The summed E-state index contributed by atoms with van der Waals surface area (Å²) in [6.45, 7) is 2.27. The third-order valence-electron chi connectivity index (χ3n) is 4.31. The first-order valence-electron chi connectivity index (χ1n) is 7.33. The van der Waals surface area contributed by atoms with Crippen molar-refractivity contribution in [3.63, 3.8) is 0 Å². The summed E-state index contributed by atoms with van der Waals surface area (Å²) >= 11 is 0. The molecule has 0 aliphatic heterocycles. The van der Waals surface area contributed by atoms with Crippen molar-refractivity contribution in [3.05, 3.63) is 30.1 Å². The summed E-state index contributed by atoms with van der Waals surface area (Å²) in [5.41, 5.74) is 1.14. The molecule has 1 aromatic rings. The summed E-state index contributed by atoms with van der Waals surface area (Å²) in [4.78, 5) is 18.3. The highest BCUT2D eigenvalue weighted by atomic mass is 16.2. The van der Waals surface area contributed by atoms with E-state index in [9.17, 15) is 4.79 Å². The fraction of sp³-hybridized carbons (Fsp3) is 0.625. The fourth-order valence-electron chi connectivity index (χ4n) is 3.03. The van der Waals surface area contributed by atoms with Gasteiger partial charge in [0.1, 0.15) is 0 Å². The van der Waals surface area contributed by atoms with Crippen molar-refractivity contribution >= 4 is 5.91 Å². The Morgan fingerprint density at radius 2 is 2.21 bits per heavy atom. The number of carbonyl (C=O) groups excluding carboxylic acids is 1. The predicted molar refractivity (Wildman–Crippen MR) is 76.7 cm³/mol. The molecule has 1 aromatic heterocycles. The average Bonchev–Trinajstić information content (AvgIpc) is 2.45. The van der Waals surface area contributed by atoms with Crippen LogP contribution in [-0.4, -0.2) is 28.9 Å². The van der Waals surface area contributed by atoms with Crippen LogP contribution in [0.4, 0.5) is 0 Å². The van der Waals surface area contributed by atoms with Crippen molar-refractivity contribution in [2.45, 2.75) is 51.5 Å². The molecule has 1 saturated carbocycles. The Hall–Kier alpha value is -1.38. The van der Waals surface area contributed by atoms with Crippen LogP contribution in [0.2, 0.25) is 0 Å². The van der Waals surface area contributed by atoms with E-state index in [1.807, 2.05) is 30.3 Å². The molecule has 2 atom stereocenters. The van der Waals surface area contributed by atoms with E-state index in [4.69, 9.17) is 0 Å². The van der Waals surface area contributed by atoms with E-state index in [-0.39, 0.29) is 5.91 Å². The number of nitrogens with zero attached hydrogens (tertiary/aromatic N) is 2. The largest absolute Gasteiger partial charge is 0.343 e. The monoisotopic (exact) mass is 260 g/mol. The molecule has 0 radical (unpaired) electrons. The van der Waals surface area contributed by atoms with Crippen LogP contribution < -0.4 is 0 Å². The number of amides is 1. The average molecular weight is 260 g/mol. The zero-order valence-corrected chi connectivity index (χ0v) is 12.0. The van der Waals surface area contributed by atoms with Gasteiger partial charge in [-0.3, -0.25) is 9.78 Å². The van der Waals surface area contributed by atoms with Gasteiger partial charge in [0.2, 0.25) is 5.91 Å². The van der Waals surface area contributed by atoms with E-state index in [0.717, 1.165) is 18.4 Å². The lowest BCUT2D eigenvalue weighted by Crippen LogP contribution is -2.42. The summed E-state index contributed by atoms with van der Waals surface area (Å²) < 4.78 is 0. The van der Waals surface area contributed by atoms with Gasteiger partial charge < -0.3 is 4.90 Å². The summed E-state index contributed by atoms with van der Waals surface area (Å²) in [5.74, 6) is 0.906. The van der Waals surface area contributed by atoms with Crippen LogP contribution in [0, 0.1) is 5.92 Å². The topological polar surface area (TPSA) is 33.2 Å². The van der Waals surface area contributed by atoms with Crippen molar-refractivity contribution in [2.75, 3.05) is 7.05 Å². The highest BCUT2D eigenvalue weighted by Crippen LogP contribution is 2.27. The second-order valence-corrected chi connectivity index (χ2v) is 5.70. The van der Waals surface area contributed by atoms with Gasteiger partial charge in [-0.25, -0.2) is 0 Å². The number of pyridine rings is 1. The van der Waals surface area contributed by atoms with Crippen LogP contribution in [0.3, 0.4) is 0 Å². The van der Waals surface area contributed by atoms with Crippen LogP contribution >= 0.6 is 0 Å². The maximum atomic E-state index is 12.3. The fourth-order valence-corrected chi connectivity index (χ4v) is 3.03. The van der Waals surface area contributed by atoms with Gasteiger partial charge in [0.25, 0.3) is 0 Å². The molecule has 2 unspecified atom stereocenters. The summed E-state index contributed by atoms with van der Waals surface area (Å²) in [6, 6.07) is 4.39. The summed E-state index contributed by atoms with van der Waals surface area (Å²) in [5, 5.41) is 0. The Labute approximate surface area is 116 Å². The van der Waals surface area contributed by atoms with Crippen LogP contribution in [0.5, 0.6) is 0 Å². The van der Waals surface area contributed by atoms with Crippen molar-refractivity contribution in [1.82, 2.24) is 9.88 Å².